The molecule has 0 aliphatic carbocycles. The first kappa shape index (κ1) is 22.3. The molecule has 34 heavy (non-hydrogen) atoms. The lowest BCUT2D eigenvalue weighted by Gasteiger charge is -2.11. The summed E-state index contributed by atoms with van der Waals surface area (Å²) < 4.78 is 10.5. The second-order valence-electron chi connectivity index (χ2n) is 7.14. The van der Waals surface area contributed by atoms with Gasteiger partial charge in [0.1, 0.15) is 17.2 Å². The minimum Gasteiger partial charge on any atom is -0.465 e. The molecule has 4 aromatic rings. The van der Waals surface area contributed by atoms with E-state index in [0.29, 0.717) is 28.3 Å². The molecule has 2 aromatic heterocycles. The Hall–Kier alpha value is -4.91. The van der Waals surface area contributed by atoms with Gasteiger partial charge in [-0.3, -0.25) is 14.4 Å². The Kier molecular flexibility index (Phi) is 6.95. The molecule has 2 aromatic carbocycles. The second-order valence-corrected chi connectivity index (χ2v) is 7.14. The van der Waals surface area contributed by atoms with Crippen molar-refractivity contribution in [1.82, 2.24) is 5.32 Å². The maximum Gasteiger partial charge on any atom is 0.272 e. The summed E-state index contributed by atoms with van der Waals surface area (Å²) in [6.45, 7) is 0. The maximum absolute atomic E-state index is 12.9. The molecule has 0 aliphatic heterocycles. The Balaban J connectivity index is 1.46. The largest absolute Gasteiger partial charge is 0.465 e. The zero-order valence-corrected chi connectivity index (χ0v) is 17.9. The van der Waals surface area contributed by atoms with Crippen LogP contribution in [-0.4, -0.2) is 17.6 Å². The number of hydrogen-bond donors (Lipinski definition) is 2. The number of amides is 2. The third-order valence-corrected chi connectivity index (χ3v) is 4.73. The van der Waals surface area contributed by atoms with Crippen LogP contribution in [0.5, 0.6) is 0 Å². The fourth-order valence-corrected chi connectivity index (χ4v) is 3.01. The molecule has 0 radical (unpaired) electrons. The predicted octanol–water partition coefficient (Wildman–Crippen LogP) is 5.18. The Morgan fingerprint density at radius 2 is 1.38 bits per heavy atom. The summed E-state index contributed by atoms with van der Waals surface area (Å²) in [6, 6.07) is 21.8. The third-order valence-electron chi connectivity index (χ3n) is 4.73. The smallest absolute Gasteiger partial charge is 0.272 e. The summed E-state index contributed by atoms with van der Waals surface area (Å²) in [6.07, 6.45) is 7.43. The molecule has 0 saturated carbocycles. The molecule has 0 atom stereocenters. The Labute approximate surface area is 195 Å². The SMILES string of the molecule is O=C(Nc1ccc(C(=O)/C=C/c2ccco2)cc1)/C(=C/c1ccco1)NC(=O)c1ccccc1. The van der Waals surface area contributed by atoms with E-state index in [9.17, 15) is 14.4 Å². The summed E-state index contributed by atoms with van der Waals surface area (Å²) in [5, 5.41) is 5.35. The average Bonchev–Trinajstić information content (AvgIpc) is 3.57. The number of carbonyl (C=O) groups is 3. The van der Waals surface area contributed by atoms with Crippen LogP contribution in [0.1, 0.15) is 32.2 Å². The van der Waals surface area contributed by atoms with Crippen molar-refractivity contribution in [2.24, 2.45) is 0 Å². The minimum atomic E-state index is -0.544. The van der Waals surface area contributed by atoms with Crippen molar-refractivity contribution in [3.05, 3.63) is 126 Å². The number of benzene rings is 2. The zero-order chi connectivity index (χ0) is 23.8. The first-order valence-electron chi connectivity index (χ1n) is 10.4. The Bertz CT molecular complexity index is 1320. The van der Waals surface area contributed by atoms with Crippen molar-refractivity contribution >= 4 is 35.4 Å². The van der Waals surface area contributed by atoms with Crippen LogP contribution in [0.25, 0.3) is 12.2 Å². The fraction of sp³-hybridized carbons (Fsp3) is 0. The van der Waals surface area contributed by atoms with Gasteiger partial charge in [0.2, 0.25) is 0 Å². The predicted molar refractivity (Wildman–Crippen MR) is 128 cm³/mol. The number of furan rings is 2. The van der Waals surface area contributed by atoms with Crippen molar-refractivity contribution in [3.8, 4) is 0 Å². The highest BCUT2D eigenvalue weighted by Gasteiger charge is 2.16. The van der Waals surface area contributed by atoms with Gasteiger partial charge >= 0.3 is 0 Å². The van der Waals surface area contributed by atoms with Gasteiger partial charge in [-0.25, -0.2) is 0 Å². The standard InChI is InChI=1S/C27H20N2O5/c30-25(15-14-22-8-4-16-33-22)19-10-12-21(13-11-19)28-27(32)24(18-23-9-5-17-34-23)29-26(31)20-6-2-1-3-7-20/h1-18H,(H,28,32)(H,29,31)/b15-14+,24-18-. The third kappa shape index (κ3) is 5.86. The van der Waals surface area contributed by atoms with E-state index in [2.05, 4.69) is 10.6 Å². The van der Waals surface area contributed by atoms with Gasteiger partial charge in [-0.15, -0.1) is 0 Å². The molecule has 0 aliphatic rings. The Morgan fingerprint density at radius 1 is 0.706 bits per heavy atom. The number of anilines is 1. The van der Waals surface area contributed by atoms with Gasteiger partial charge in [0.05, 0.1) is 12.5 Å². The quantitative estimate of drug-likeness (QED) is 0.283. The maximum atomic E-state index is 12.9. The molecule has 0 spiro atoms. The minimum absolute atomic E-state index is 0.00494. The van der Waals surface area contributed by atoms with E-state index in [4.69, 9.17) is 8.83 Å². The van der Waals surface area contributed by atoms with Crippen LogP contribution in [-0.2, 0) is 4.79 Å². The number of ketones is 1. The van der Waals surface area contributed by atoms with Crippen molar-refractivity contribution in [3.63, 3.8) is 0 Å². The van der Waals surface area contributed by atoms with E-state index < -0.39 is 11.8 Å². The summed E-state index contributed by atoms with van der Waals surface area (Å²) in [4.78, 5) is 37.9. The van der Waals surface area contributed by atoms with Crippen LogP contribution in [0.2, 0.25) is 0 Å². The summed E-state index contributed by atoms with van der Waals surface area (Å²) in [5.41, 5.74) is 1.32. The number of hydrogen-bond acceptors (Lipinski definition) is 5. The molecule has 0 unspecified atom stereocenters. The molecule has 7 nitrogen and oxygen atoms in total. The molecule has 2 heterocycles. The molecular weight excluding hydrogens is 432 g/mol. The number of carbonyl (C=O) groups excluding carboxylic acids is 3. The van der Waals surface area contributed by atoms with E-state index in [1.165, 1.54) is 24.7 Å². The molecule has 2 N–H and O–H groups in total. The van der Waals surface area contributed by atoms with Crippen LogP contribution in [0, 0.1) is 0 Å². The van der Waals surface area contributed by atoms with Gasteiger partial charge in [-0.1, -0.05) is 18.2 Å². The van der Waals surface area contributed by atoms with Gasteiger partial charge in [0, 0.05) is 22.9 Å². The molecule has 4 rings (SSSR count). The monoisotopic (exact) mass is 452 g/mol. The molecule has 2 amide bonds. The molecular formula is C27H20N2O5. The fourth-order valence-electron chi connectivity index (χ4n) is 3.01. The normalized spacial score (nSPS) is 11.4. The van der Waals surface area contributed by atoms with Gasteiger partial charge in [0.25, 0.3) is 11.8 Å². The molecule has 7 heteroatoms. The second kappa shape index (κ2) is 10.6. The lowest BCUT2D eigenvalue weighted by atomic mass is 10.1. The van der Waals surface area contributed by atoms with E-state index >= 15 is 0 Å². The first-order chi connectivity index (χ1) is 16.6. The van der Waals surface area contributed by atoms with Gasteiger partial charge < -0.3 is 19.5 Å². The van der Waals surface area contributed by atoms with Crippen LogP contribution >= 0.6 is 0 Å². The van der Waals surface area contributed by atoms with E-state index in [1.54, 1.807) is 84.9 Å². The Morgan fingerprint density at radius 3 is 2.03 bits per heavy atom. The number of allylic oxidation sites excluding steroid dienone is 1. The van der Waals surface area contributed by atoms with Gasteiger partial charge in [0.15, 0.2) is 5.78 Å². The number of nitrogens with one attached hydrogen (secondary N) is 2. The van der Waals surface area contributed by atoms with E-state index in [1.807, 2.05) is 0 Å². The van der Waals surface area contributed by atoms with Gasteiger partial charge in [-0.2, -0.15) is 0 Å². The highest BCUT2D eigenvalue weighted by Crippen LogP contribution is 2.14. The summed E-state index contributed by atoms with van der Waals surface area (Å²) in [7, 11) is 0. The number of rotatable bonds is 8. The van der Waals surface area contributed by atoms with Crippen molar-refractivity contribution < 1.29 is 23.2 Å². The van der Waals surface area contributed by atoms with Crippen molar-refractivity contribution in [1.29, 1.82) is 0 Å². The van der Waals surface area contributed by atoms with Crippen LogP contribution in [0.15, 0.2) is 112 Å². The van der Waals surface area contributed by atoms with Crippen molar-refractivity contribution in [2.75, 3.05) is 5.32 Å². The molecule has 0 saturated heterocycles. The van der Waals surface area contributed by atoms with E-state index in [0.717, 1.165) is 0 Å². The summed E-state index contributed by atoms with van der Waals surface area (Å²) >= 11 is 0. The van der Waals surface area contributed by atoms with Crippen LogP contribution in [0.4, 0.5) is 5.69 Å². The van der Waals surface area contributed by atoms with Crippen LogP contribution in [0.3, 0.4) is 0 Å². The summed E-state index contributed by atoms with van der Waals surface area (Å²) in [5.74, 6) is -0.202. The average molecular weight is 452 g/mol. The van der Waals surface area contributed by atoms with Crippen LogP contribution < -0.4 is 10.6 Å². The lowest BCUT2D eigenvalue weighted by Crippen LogP contribution is -2.30. The molecule has 0 bridgehead atoms. The van der Waals surface area contributed by atoms with Crippen molar-refractivity contribution in [2.45, 2.75) is 0 Å². The van der Waals surface area contributed by atoms with E-state index in [-0.39, 0.29) is 11.5 Å². The first-order valence-corrected chi connectivity index (χ1v) is 10.4. The highest BCUT2D eigenvalue weighted by atomic mass is 16.3. The van der Waals surface area contributed by atoms with Gasteiger partial charge in [-0.05, 0) is 72.8 Å². The molecule has 0 fully saturated rings. The zero-order valence-electron chi connectivity index (χ0n) is 17.9. The lowest BCUT2D eigenvalue weighted by molar-refractivity contribution is -0.113. The molecule has 168 valence electrons. The topological polar surface area (TPSA) is 102 Å². The highest BCUT2D eigenvalue weighted by molar-refractivity contribution is 6.11.